The van der Waals surface area contributed by atoms with Crippen molar-refractivity contribution in [3.8, 4) is 10.6 Å². The molecule has 1 unspecified atom stereocenters. The fourth-order valence-corrected chi connectivity index (χ4v) is 3.55. The van der Waals surface area contributed by atoms with Gasteiger partial charge in [0.2, 0.25) is 16.9 Å². The van der Waals surface area contributed by atoms with E-state index < -0.39 is 6.04 Å². The lowest BCUT2D eigenvalue weighted by Gasteiger charge is -2.21. The molecular weight excluding hydrogens is 336 g/mol. The van der Waals surface area contributed by atoms with Gasteiger partial charge in [0.15, 0.2) is 0 Å². The van der Waals surface area contributed by atoms with Crippen LogP contribution in [0.25, 0.3) is 10.6 Å². The van der Waals surface area contributed by atoms with Crippen molar-refractivity contribution in [2.24, 2.45) is 0 Å². The topological polar surface area (TPSA) is 75.2 Å². The van der Waals surface area contributed by atoms with Crippen LogP contribution in [0.3, 0.4) is 0 Å². The molecule has 120 valence electrons. The van der Waals surface area contributed by atoms with Crippen LogP contribution < -0.4 is 5.32 Å². The zero-order chi connectivity index (χ0) is 16.4. The first-order valence-corrected chi connectivity index (χ1v) is 8.41. The summed E-state index contributed by atoms with van der Waals surface area (Å²) in [5, 5.41) is 12.5. The third kappa shape index (κ3) is 3.51. The second-order valence-electron chi connectivity index (χ2n) is 5.28. The first-order valence-electron chi connectivity index (χ1n) is 7.22. The van der Waals surface area contributed by atoms with E-state index in [1.807, 2.05) is 12.1 Å². The molecule has 1 atom stereocenters. The number of hydrogen-bond donors (Lipinski definition) is 1. The Hall–Kier alpha value is -1.99. The van der Waals surface area contributed by atoms with E-state index in [2.05, 4.69) is 15.5 Å². The zero-order valence-electron chi connectivity index (χ0n) is 12.5. The monoisotopic (exact) mass is 350 g/mol. The molecule has 2 aromatic rings. The summed E-state index contributed by atoms with van der Waals surface area (Å²) in [5.74, 6) is -0.300. The van der Waals surface area contributed by atoms with Crippen LogP contribution in [0.1, 0.15) is 19.8 Å². The number of anilines is 1. The van der Waals surface area contributed by atoms with Gasteiger partial charge >= 0.3 is 0 Å². The summed E-state index contributed by atoms with van der Waals surface area (Å²) >= 11 is 7.24. The first-order chi connectivity index (χ1) is 11.0. The van der Waals surface area contributed by atoms with Crippen LogP contribution in [-0.4, -0.2) is 39.5 Å². The summed E-state index contributed by atoms with van der Waals surface area (Å²) in [4.78, 5) is 25.5. The molecule has 1 aliphatic heterocycles. The molecule has 1 N–H and O–H groups in total. The molecule has 8 heteroatoms. The Bertz CT molecular complexity index is 749. The number of benzene rings is 1. The molecule has 0 saturated carbocycles. The van der Waals surface area contributed by atoms with Crippen molar-refractivity contribution < 1.29 is 9.59 Å². The second kappa shape index (κ2) is 6.64. The summed E-state index contributed by atoms with van der Waals surface area (Å²) < 4.78 is 0. The molecule has 0 bridgehead atoms. The van der Waals surface area contributed by atoms with E-state index in [0.717, 1.165) is 12.0 Å². The first kappa shape index (κ1) is 15.9. The lowest BCUT2D eigenvalue weighted by atomic mass is 10.2. The number of rotatable bonds is 3. The maximum absolute atomic E-state index is 12.3. The van der Waals surface area contributed by atoms with Crippen LogP contribution in [0.5, 0.6) is 0 Å². The molecule has 6 nitrogen and oxygen atoms in total. The van der Waals surface area contributed by atoms with E-state index in [9.17, 15) is 9.59 Å². The summed E-state index contributed by atoms with van der Waals surface area (Å²) in [6.07, 6.45) is 1.51. The minimum Gasteiger partial charge on any atom is -0.331 e. The van der Waals surface area contributed by atoms with Crippen molar-refractivity contribution in [3.63, 3.8) is 0 Å². The van der Waals surface area contributed by atoms with E-state index in [1.165, 1.54) is 18.3 Å². The highest BCUT2D eigenvalue weighted by molar-refractivity contribution is 7.18. The molecule has 1 fully saturated rings. The number of halogens is 1. The number of nitrogens with one attached hydrogen (secondary N) is 1. The molecule has 2 amide bonds. The Morgan fingerprint density at radius 2 is 2.22 bits per heavy atom. The van der Waals surface area contributed by atoms with Crippen LogP contribution in [0.15, 0.2) is 24.3 Å². The number of carbonyl (C=O) groups excluding carboxylic acids is 2. The number of likely N-dealkylation sites (tertiary alicyclic amines) is 1. The molecule has 0 aliphatic carbocycles. The van der Waals surface area contributed by atoms with Crippen molar-refractivity contribution in [2.75, 3.05) is 11.9 Å². The predicted octanol–water partition coefficient (Wildman–Crippen LogP) is 2.81. The molecule has 1 saturated heterocycles. The summed E-state index contributed by atoms with van der Waals surface area (Å²) in [6.45, 7) is 2.10. The standard InChI is InChI=1S/C15H15ClN4O2S/c1-9(21)20-7-3-6-12(20)13(22)17-15-19-18-14(23-15)10-4-2-5-11(16)8-10/h2,4-5,8,12H,3,6-7H2,1H3,(H,17,19,22). The minimum atomic E-state index is -0.425. The Kier molecular flexibility index (Phi) is 4.58. The van der Waals surface area contributed by atoms with E-state index >= 15 is 0 Å². The Balaban J connectivity index is 1.72. The third-order valence-electron chi connectivity index (χ3n) is 3.69. The summed E-state index contributed by atoms with van der Waals surface area (Å²) in [6, 6.07) is 6.87. The fraction of sp³-hybridized carbons (Fsp3) is 0.333. The maximum atomic E-state index is 12.3. The third-order valence-corrected chi connectivity index (χ3v) is 4.81. The SMILES string of the molecule is CC(=O)N1CCCC1C(=O)Nc1nnc(-c2cccc(Cl)c2)s1. The van der Waals surface area contributed by atoms with Gasteiger partial charge in [0.25, 0.3) is 0 Å². The second-order valence-corrected chi connectivity index (χ2v) is 6.70. The van der Waals surface area contributed by atoms with E-state index in [4.69, 9.17) is 11.6 Å². The zero-order valence-corrected chi connectivity index (χ0v) is 14.0. The number of carbonyl (C=O) groups is 2. The molecule has 2 heterocycles. The van der Waals surface area contributed by atoms with Gasteiger partial charge in [0.1, 0.15) is 11.0 Å². The Morgan fingerprint density at radius 3 is 2.96 bits per heavy atom. The fourth-order valence-electron chi connectivity index (χ4n) is 2.62. The van der Waals surface area contributed by atoms with Gasteiger partial charge in [0.05, 0.1) is 0 Å². The van der Waals surface area contributed by atoms with E-state index in [1.54, 1.807) is 17.0 Å². The molecule has 23 heavy (non-hydrogen) atoms. The highest BCUT2D eigenvalue weighted by Gasteiger charge is 2.32. The molecule has 1 aromatic carbocycles. The average molecular weight is 351 g/mol. The van der Waals surface area contributed by atoms with Crippen LogP contribution in [0.4, 0.5) is 5.13 Å². The predicted molar refractivity (Wildman–Crippen MR) is 89.4 cm³/mol. The molecule has 0 spiro atoms. The van der Waals surface area contributed by atoms with Crippen molar-refractivity contribution in [1.29, 1.82) is 0 Å². The number of aromatic nitrogens is 2. The highest BCUT2D eigenvalue weighted by atomic mass is 35.5. The lowest BCUT2D eigenvalue weighted by molar-refractivity contribution is -0.134. The Labute approximate surface area is 142 Å². The smallest absolute Gasteiger partial charge is 0.249 e. The van der Waals surface area contributed by atoms with Gasteiger partial charge in [-0.25, -0.2) is 0 Å². The molecule has 0 radical (unpaired) electrons. The van der Waals surface area contributed by atoms with Gasteiger partial charge in [-0.3, -0.25) is 14.9 Å². The lowest BCUT2D eigenvalue weighted by Crippen LogP contribution is -2.42. The normalized spacial score (nSPS) is 17.3. The van der Waals surface area contributed by atoms with Crippen molar-refractivity contribution in [1.82, 2.24) is 15.1 Å². The van der Waals surface area contributed by atoms with Crippen molar-refractivity contribution >= 4 is 39.9 Å². The molecular formula is C15H15ClN4O2S. The molecule has 1 aliphatic rings. The highest BCUT2D eigenvalue weighted by Crippen LogP contribution is 2.28. The Morgan fingerprint density at radius 1 is 1.39 bits per heavy atom. The number of nitrogens with zero attached hydrogens (tertiary/aromatic N) is 3. The van der Waals surface area contributed by atoms with Crippen LogP contribution in [0, 0.1) is 0 Å². The average Bonchev–Trinajstić information content (AvgIpc) is 3.16. The molecule has 1 aromatic heterocycles. The minimum absolute atomic E-state index is 0.0838. The van der Waals surface area contributed by atoms with Gasteiger partial charge in [-0.05, 0) is 25.0 Å². The quantitative estimate of drug-likeness (QED) is 0.923. The van der Waals surface area contributed by atoms with Gasteiger partial charge in [-0.2, -0.15) is 0 Å². The van der Waals surface area contributed by atoms with Crippen LogP contribution in [0.2, 0.25) is 5.02 Å². The maximum Gasteiger partial charge on any atom is 0.249 e. The van der Waals surface area contributed by atoms with Gasteiger partial charge in [-0.1, -0.05) is 35.1 Å². The number of hydrogen-bond acceptors (Lipinski definition) is 5. The van der Waals surface area contributed by atoms with Gasteiger partial charge < -0.3 is 4.90 Å². The van der Waals surface area contributed by atoms with Crippen molar-refractivity contribution in [3.05, 3.63) is 29.3 Å². The molecule has 3 rings (SSSR count). The van der Waals surface area contributed by atoms with Gasteiger partial charge in [-0.15, -0.1) is 10.2 Å². The van der Waals surface area contributed by atoms with Crippen molar-refractivity contribution in [2.45, 2.75) is 25.8 Å². The number of amides is 2. The largest absolute Gasteiger partial charge is 0.331 e. The summed E-state index contributed by atoms with van der Waals surface area (Å²) in [7, 11) is 0. The van der Waals surface area contributed by atoms with Crippen LogP contribution >= 0.6 is 22.9 Å². The van der Waals surface area contributed by atoms with E-state index in [-0.39, 0.29) is 11.8 Å². The van der Waals surface area contributed by atoms with Crippen LogP contribution in [-0.2, 0) is 9.59 Å². The van der Waals surface area contributed by atoms with E-state index in [0.29, 0.717) is 28.1 Å². The van der Waals surface area contributed by atoms with Gasteiger partial charge in [0, 0.05) is 24.1 Å². The summed E-state index contributed by atoms with van der Waals surface area (Å²) in [5.41, 5.74) is 0.849.